The molecule has 4 nitrogen and oxygen atoms in total. The first-order valence-electron chi connectivity index (χ1n) is 7.32. The van der Waals surface area contributed by atoms with Gasteiger partial charge in [-0.25, -0.2) is 0 Å². The molecule has 1 aromatic rings. The molecule has 1 amide bonds. The second-order valence-corrected chi connectivity index (χ2v) is 5.75. The fourth-order valence-corrected chi connectivity index (χ4v) is 2.14. The van der Waals surface area contributed by atoms with Gasteiger partial charge in [-0.05, 0) is 37.5 Å². The molecule has 0 fully saturated rings. The van der Waals surface area contributed by atoms with Crippen molar-refractivity contribution in [1.82, 2.24) is 5.32 Å². The van der Waals surface area contributed by atoms with Crippen molar-refractivity contribution in [2.75, 3.05) is 18.1 Å². The summed E-state index contributed by atoms with van der Waals surface area (Å²) in [7, 11) is 1.63. The SMILES string of the molecule is CNC(=O)c1ccc(N)c(NC(C)CCCC(C)C)c1. The van der Waals surface area contributed by atoms with Crippen molar-refractivity contribution in [2.24, 2.45) is 5.92 Å². The molecular weight excluding hydrogens is 250 g/mol. The molecule has 1 rings (SSSR count). The highest BCUT2D eigenvalue weighted by Crippen LogP contribution is 2.22. The van der Waals surface area contributed by atoms with E-state index in [-0.39, 0.29) is 5.91 Å². The van der Waals surface area contributed by atoms with E-state index >= 15 is 0 Å². The molecule has 4 N–H and O–H groups in total. The van der Waals surface area contributed by atoms with Gasteiger partial charge in [-0.1, -0.05) is 26.7 Å². The summed E-state index contributed by atoms with van der Waals surface area (Å²) in [5.74, 6) is 0.643. The van der Waals surface area contributed by atoms with Gasteiger partial charge in [-0.3, -0.25) is 4.79 Å². The molecule has 0 aliphatic rings. The molecule has 1 unspecified atom stereocenters. The Hall–Kier alpha value is -1.71. The maximum Gasteiger partial charge on any atom is 0.251 e. The number of nitrogen functional groups attached to an aromatic ring is 1. The molecule has 0 aliphatic heterocycles. The summed E-state index contributed by atoms with van der Waals surface area (Å²) in [4.78, 5) is 11.6. The molecule has 0 bridgehead atoms. The fraction of sp³-hybridized carbons (Fsp3) is 0.562. The van der Waals surface area contributed by atoms with E-state index in [2.05, 4.69) is 31.4 Å². The van der Waals surface area contributed by atoms with E-state index in [1.54, 1.807) is 19.2 Å². The molecule has 112 valence electrons. The summed E-state index contributed by atoms with van der Waals surface area (Å²) >= 11 is 0. The lowest BCUT2D eigenvalue weighted by atomic mass is 10.0. The summed E-state index contributed by atoms with van der Waals surface area (Å²) in [5, 5.41) is 6.02. The fourth-order valence-electron chi connectivity index (χ4n) is 2.14. The highest BCUT2D eigenvalue weighted by atomic mass is 16.1. The van der Waals surface area contributed by atoms with Gasteiger partial charge in [0.25, 0.3) is 5.91 Å². The monoisotopic (exact) mass is 277 g/mol. The number of anilines is 2. The van der Waals surface area contributed by atoms with Crippen molar-refractivity contribution in [1.29, 1.82) is 0 Å². The summed E-state index contributed by atoms with van der Waals surface area (Å²) in [6.45, 7) is 6.62. The first-order valence-corrected chi connectivity index (χ1v) is 7.32. The minimum absolute atomic E-state index is 0.0967. The standard InChI is InChI=1S/C16H27N3O/c1-11(2)6-5-7-12(3)19-15-10-13(16(20)18-4)8-9-14(15)17/h8-12,19H,5-7,17H2,1-4H3,(H,18,20). The third-order valence-corrected chi connectivity index (χ3v) is 3.36. The number of carbonyl (C=O) groups is 1. The first-order chi connectivity index (χ1) is 9.43. The number of benzene rings is 1. The Kier molecular flexibility index (Phi) is 6.36. The van der Waals surface area contributed by atoms with E-state index in [0.29, 0.717) is 17.3 Å². The number of nitrogens with one attached hydrogen (secondary N) is 2. The number of carbonyl (C=O) groups excluding carboxylic acids is 1. The zero-order valence-corrected chi connectivity index (χ0v) is 13.0. The van der Waals surface area contributed by atoms with Gasteiger partial charge in [0.2, 0.25) is 0 Å². The lowest BCUT2D eigenvalue weighted by Crippen LogP contribution is -2.20. The van der Waals surface area contributed by atoms with Crippen LogP contribution in [0.15, 0.2) is 18.2 Å². The van der Waals surface area contributed by atoms with Crippen molar-refractivity contribution >= 4 is 17.3 Å². The number of hydrogen-bond donors (Lipinski definition) is 3. The predicted molar refractivity (Wildman–Crippen MR) is 86.0 cm³/mol. The van der Waals surface area contributed by atoms with Crippen LogP contribution >= 0.6 is 0 Å². The molecule has 0 radical (unpaired) electrons. The third-order valence-electron chi connectivity index (χ3n) is 3.36. The van der Waals surface area contributed by atoms with Crippen LogP contribution in [-0.4, -0.2) is 19.0 Å². The molecule has 20 heavy (non-hydrogen) atoms. The van der Waals surface area contributed by atoms with E-state index < -0.39 is 0 Å². The van der Waals surface area contributed by atoms with Gasteiger partial charge < -0.3 is 16.4 Å². The Labute approximate surface area is 122 Å². The zero-order chi connectivity index (χ0) is 15.1. The minimum atomic E-state index is -0.0967. The van der Waals surface area contributed by atoms with Gasteiger partial charge in [-0.15, -0.1) is 0 Å². The van der Waals surface area contributed by atoms with Crippen molar-refractivity contribution in [3.05, 3.63) is 23.8 Å². The van der Waals surface area contributed by atoms with E-state index in [4.69, 9.17) is 5.73 Å². The minimum Gasteiger partial charge on any atom is -0.397 e. The van der Waals surface area contributed by atoms with Gasteiger partial charge in [0, 0.05) is 18.7 Å². The van der Waals surface area contributed by atoms with E-state index in [9.17, 15) is 4.79 Å². The van der Waals surface area contributed by atoms with Gasteiger partial charge >= 0.3 is 0 Å². The molecule has 0 spiro atoms. The number of rotatable bonds is 7. The molecule has 0 aliphatic carbocycles. The maximum atomic E-state index is 11.6. The Morgan fingerprint density at radius 1 is 1.25 bits per heavy atom. The molecule has 0 aromatic heterocycles. The second kappa shape index (κ2) is 7.78. The van der Waals surface area contributed by atoms with Crippen molar-refractivity contribution < 1.29 is 4.79 Å². The van der Waals surface area contributed by atoms with Gasteiger partial charge in [-0.2, -0.15) is 0 Å². The van der Waals surface area contributed by atoms with E-state index in [1.807, 2.05) is 6.07 Å². The molecule has 0 saturated heterocycles. The topological polar surface area (TPSA) is 67.2 Å². The largest absolute Gasteiger partial charge is 0.397 e. The summed E-state index contributed by atoms with van der Waals surface area (Å²) in [5.41, 5.74) is 8.10. The molecule has 1 aromatic carbocycles. The Bertz CT molecular complexity index is 443. The first kappa shape index (κ1) is 16.3. The quantitative estimate of drug-likeness (QED) is 0.670. The van der Waals surface area contributed by atoms with Gasteiger partial charge in [0.15, 0.2) is 0 Å². The Morgan fingerprint density at radius 3 is 2.55 bits per heavy atom. The smallest absolute Gasteiger partial charge is 0.251 e. The van der Waals surface area contributed by atoms with E-state index in [0.717, 1.165) is 18.0 Å². The van der Waals surface area contributed by atoms with Crippen LogP contribution in [0.25, 0.3) is 0 Å². The molecule has 0 heterocycles. The Balaban J connectivity index is 2.64. The van der Waals surface area contributed by atoms with E-state index in [1.165, 1.54) is 12.8 Å². The molecule has 0 saturated carbocycles. The lowest BCUT2D eigenvalue weighted by Gasteiger charge is -2.18. The van der Waals surface area contributed by atoms with Crippen LogP contribution < -0.4 is 16.4 Å². The summed E-state index contributed by atoms with van der Waals surface area (Å²) in [6.07, 6.45) is 3.53. The highest BCUT2D eigenvalue weighted by molar-refractivity contribution is 5.96. The Morgan fingerprint density at radius 2 is 1.95 bits per heavy atom. The van der Waals surface area contributed by atoms with Crippen molar-refractivity contribution in [3.63, 3.8) is 0 Å². The van der Waals surface area contributed by atoms with Crippen LogP contribution in [0.4, 0.5) is 11.4 Å². The average molecular weight is 277 g/mol. The van der Waals surface area contributed by atoms with Crippen LogP contribution in [0.1, 0.15) is 50.4 Å². The van der Waals surface area contributed by atoms with Crippen LogP contribution in [0.3, 0.4) is 0 Å². The normalized spacial score (nSPS) is 12.2. The summed E-state index contributed by atoms with van der Waals surface area (Å²) in [6, 6.07) is 5.67. The van der Waals surface area contributed by atoms with Crippen molar-refractivity contribution in [3.8, 4) is 0 Å². The molecule has 1 atom stereocenters. The predicted octanol–water partition coefficient (Wildman–Crippen LogP) is 3.26. The van der Waals surface area contributed by atoms with Crippen LogP contribution in [-0.2, 0) is 0 Å². The van der Waals surface area contributed by atoms with Crippen LogP contribution in [0.5, 0.6) is 0 Å². The highest BCUT2D eigenvalue weighted by Gasteiger charge is 2.09. The average Bonchev–Trinajstić information content (AvgIpc) is 2.40. The lowest BCUT2D eigenvalue weighted by molar-refractivity contribution is 0.0963. The molecule has 4 heteroatoms. The molecular formula is C16H27N3O. The van der Waals surface area contributed by atoms with Gasteiger partial charge in [0.05, 0.1) is 11.4 Å². The maximum absolute atomic E-state index is 11.6. The van der Waals surface area contributed by atoms with Gasteiger partial charge in [0.1, 0.15) is 0 Å². The third kappa shape index (κ3) is 5.11. The second-order valence-electron chi connectivity index (χ2n) is 5.75. The summed E-state index contributed by atoms with van der Waals surface area (Å²) < 4.78 is 0. The van der Waals surface area contributed by atoms with Crippen LogP contribution in [0, 0.1) is 5.92 Å². The van der Waals surface area contributed by atoms with Crippen molar-refractivity contribution in [2.45, 2.75) is 46.1 Å². The number of nitrogens with two attached hydrogens (primary N) is 1. The number of amides is 1. The number of hydrogen-bond acceptors (Lipinski definition) is 3. The zero-order valence-electron chi connectivity index (χ0n) is 13.0. The van der Waals surface area contributed by atoms with Crippen LogP contribution in [0.2, 0.25) is 0 Å².